The van der Waals surface area contributed by atoms with Gasteiger partial charge in [-0.15, -0.1) is 0 Å². The predicted octanol–water partition coefficient (Wildman–Crippen LogP) is 3.03. The van der Waals surface area contributed by atoms with Gasteiger partial charge in [0.15, 0.2) is 0 Å². The second kappa shape index (κ2) is 5.71. The predicted molar refractivity (Wildman–Crippen MR) is 74.3 cm³/mol. The Bertz CT molecular complexity index is 225. The van der Waals surface area contributed by atoms with Crippen molar-refractivity contribution in [3.8, 4) is 0 Å². The van der Waals surface area contributed by atoms with Crippen LogP contribution in [0.4, 0.5) is 0 Å². The Morgan fingerprint density at radius 3 is 2.18 bits per heavy atom. The minimum absolute atomic E-state index is 0.764. The van der Waals surface area contributed by atoms with Gasteiger partial charge in [0, 0.05) is 24.2 Å². The quantitative estimate of drug-likeness (QED) is 0.792. The highest BCUT2D eigenvalue weighted by Crippen LogP contribution is 2.38. The summed E-state index contributed by atoms with van der Waals surface area (Å²) in [5.74, 6) is 0.790. The Morgan fingerprint density at radius 1 is 1.12 bits per heavy atom. The van der Waals surface area contributed by atoms with Gasteiger partial charge in [0.1, 0.15) is 0 Å². The van der Waals surface area contributed by atoms with Gasteiger partial charge in [-0.1, -0.05) is 20.8 Å². The maximum atomic E-state index is 3.73. The summed E-state index contributed by atoms with van der Waals surface area (Å²) in [6.07, 6.45) is 6.90. The van der Waals surface area contributed by atoms with Crippen LogP contribution in [0.15, 0.2) is 0 Å². The molecule has 2 fully saturated rings. The van der Waals surface area contributed by atoms with Crippen molar-refractivity contribution in [1.29, 1.82) is 0 Å². The fourth-order valence-corrected chi connectivity index (χ4v) is 3.74. The number of rotatable bonds is 5. The lowest BCUT2D eigenvalue weighted by Gasteiger charge is -2.44. The minimum Gasteiger partial charge on any atom is -0.314 e. The minimum atomic E-state index is 0.764. The summed E-state index contributed by atoms with van der Waals surface area (Å²) in [5, 5.41) is 3.73. The molecule has 0 spiro atoms. The van der Waals surface area contributed by atoms with E-state index in [9.17, 15) is 0 Å². The maximum Gasteiger partial charge on any atom is 0.0116 e. The molecule has 2 aliphatic rings. The van der Waals surface area contributed by atoms with Crippen molar-refractivity contribution >= 4 is 0 Å². The van der Waals surface area contributed by atoms with Gasteiger partial charge >= 0.3 is 0 Å². The SMILES string of the molecule is CCCNC1CC2CCC(C1)N2C(C)C(C)C. The van der Waals surface area contributed by atoms with Gasteiger partial charge in [0.2, 0.25) is 0 Å². The molecule has 0 aromatic heterocycles. The summed E-state index contributed by atoms with van der Waals surface area (Å²) in [7, 11) is 0. The third kappa shape index (κ3) is 2.85. The highest BCUT2D eigenvalue weighted by molar-refractivity contribution is 4.99. The lowest BCUT2D eigenvalue weighted by atomic mass is 9.92. The van der Waals surface area contributed by atoms with Gasteiger partial charge in [-0.05, 0) is 51.5 Å². The average molecular weight is 238 g/mol. The first-order chi connectivity index (χ1) is 8.13. The molecular formula is C15H30N2. The van der Waals surface area contributed by atoms with E-state index < -0.39 is 0 Å². The highest BCUT2D eigenvalue weighted by atomic mass is 15.3. The van der Waals surface area contributed by atoms with E-state index in [1.165, 1.54) is 38.6 Å². The lowest BCUT2D eigenvalue weighted by molar-refractivity contribution is 0.0568. The van der Waals surface area contributed by atoms with Crippen molar-refractivity contribution in [3.05, 3.63) is 0 Å². The van der Waals surface area contributed by atoms with Gasteiger partial charge in [0.25, 0.3) is 0 Å². The molecule has 3 atom stereocenters. The second-order valence-corrected chi connectivity index (χ2v) is 6.44. The van der Waals surface area contributed by atoms with Crippen LogP contribution in [0.3, 0.4) is 0 Å². The molecule has 0 aromatic carbocycles. The van der Waals surface area contributed by atoms with Crippen molar-refractivity contribution in [1.82, 2.24) is 10.2 Å². The van der Waals surface area contributed by atoms with Crippen LogP contribution in [-0.4, -0.2) is 35.6 Å². The fourth-order valence-electron chi connectivity index (χ4n) is 3.74. The molecule has 2 heteroatoms. The molecule has 1 N–H and O–H groups in total. The zero-order valence-electron chi connectivity index (χ0n) is 12.1. The number of nitrogens with one attached hydrogen (secondary N) is 1. The molecule has 0 aliphatic carbocycles. The smallest absolute Gasteiger partial charge is 0.0116 e. The summed E-state index contributed by atoms with van der Waals surface area (Å²) < 4.78 is 0. The summed E-state index contributed by atoms with van der Waals surface area (Å²) in [4.78, 5) is 2.84. The van der Waals surface area contributed by atoms with Crippen LogP contribution in [0.1, 0.15) is 59.8 Å². The fraction of sp³-hybridized carbons (Fsp3) is 1.00. The molecule has 2 saturated heterocycles. The van der Waals surface area contributed by atoms with Crippen LogP contribution in [0.2, 0.25) is 0 Å². The van der Waals surface area contributed by atoms with Crippen molar-refractivity contribution in [3.63, 3.8) is 0 Å². The molecule has 0 radical (unpaired) electrons. The molecule has 3 unspecified atom stereocenters. The third-order valence-electron chi connectivity index (χ3n) is 4.91. The Kier molecular flexibility index (Phi) is 4.48. The van der Waals surface area contributed by atoms with Crippen molar-refractivity contribution in [2.24, 2.45) is 5.92 Å². The number of fused-ring (bicyclic) bond motifs is 2. The van der Waals surface area contributed by atoms with Gasteiger partial charge < -0.3 is 5.32 Å². The van der Waals surface area contributed by atoms with Gasteiger partial charge in [0.05, 0.1) is 0 Å². The van der Waals surface area contributed by atoms with Crippen molar-refractivity contribution in [2.75, 3.05) is 6.54 Å². The molecule has 0 amide bonds. The number of hydrogen-bond donors (Lipinski definition) is 1. The second-order valence-electron chi connectivity index (χ2n) is 6.44. The zero-order valence-corrected chi connectivity index (χ0v) is 12.1. The molecule has 2 nitrogen and oxygen atoms in total. The van der Waals surface area contributed by atoms with Crippen molar-refractivity contribution in [2.45, 2.75) is 84.0 Å². The summed E-state index contributed by atoms with van der Waals surface area (Å²) >= 11 is 0. The molecule has 100 valence electrons. The van der Waals surface area contributed by atoms with E-state index in [2.05, 4.69) is 37.9 Å². The Balaban J connectivity index is 1.93. The van der Waals surface area contributed by atoms with Crippen LogP contribution in [0, 0.1) is 5.92 Å². The van der Waals surface area contributed by atoms with Gasteiger partial charge in [-0.3, -0.25) is 4.90 Å². The third-order valence-corrected chi connectivity index (χ3v) is 4.91. The van der Waals surface area contributed by atoms with Crippen molar-refractivity contribution < 1.29 is 0 Å². The van der Waals surface area contributed by atoms with Gasteiger partial charge in [-0.2, -0.15) is 0 Å². The number of nitrogens with zero attached hydrogens (tertiary/aromatic N) is 1. The monoisotopic (exact) mass is 238 g/mol. The molecule has 2 rings (SSSR count). The molecule has 2 heterocycles. The Hall–Kier alpha value is -0.0800. The first-order valence-corrected chi connectivity index (χ1v) is 7.64. The van der Waals surface area contributed by atoms with Crippen LogP contribution in [-0.2, 0) is 0 Å². The molecule has 0 saturated carbocycles. The molecule has 2 aliphatic heterocycles. The lowest BCUT2D eigenvalue weighted by Crippen LogP contribution is -2.53. The van der Waals surface area contributed by atoms with E-state index in [1.54, 1.807) is 0 Å². The summed E-state index contributed by atoms with van der Waals surface area (Å²) in [6, 6.07) is 3.28. The van der Waals surface area contributed by atoms with Crippen LogP contribution in [0.25, 0.3) is 0 Å². The van der Waals surface area contributed by atoms with E-state index in [-0.39, 0.29) is 0 Å². The van der Waals surface area contributed by atoms with Gasteiger partial charge in [-0.25, -0.2) is 0 Å². The van der Waals surface area contributed by atoms with E-state index in [1.807, 2.05) is 0 Å². The van der Waals surface area contributed by atoms with Crippen LogP contribution >= 0.6 is 0 Å². The molecule has 17 heavy (non-hydrogen) atoms. The molecule has 0 aromatic rings. The van der Waals surface area contributed by atoms with Crippen LogP contribution < -0.4 is 5.32 Å². The normalized spacial score (nSPS) is 35.5. The standard InChI is InChI=1S/C15H30N2/c1-5-8-16-13-9-14-6-7-15(10-13)17(14)12(4)11(2)3/h11-16H,5-10H2,1-4H3. The topological polar surface area (TPSA) is 15.3 Å². The zero-order chi connectivity index (χ0) is 12.4. The summed E-state index contributed by atoms with van der Waals surface area (Å²) in [6.45, 7) is 10.6. The summed E-state index contributed by atoms with van der Waals surface area (Å²) in [5.41, 5.74) is 0. The van der Waals surface area contributed by atoms with E-state index in [0.717, 1.165) is 30.1 Å². The highest BCUT2D eigenvalue weighted by Gasteiger charge is 2.42. The number of piperidine rings is 1. The van der Waals surface area contributed by atoms with Crippen LogP contribution in [0.5, 0.6) is 0 Å². The van der Waals surface area contributed by atoms with E-state index in [0.29, 0.717) is 0 Å². The molecule has 2 bridgehead atoms. The average Bonchev–Trinajstić information content (AvgIpc) is 2.56. The first kappa shape index (κ1) is 13.4. The largest absolute Gasteiger partial charge is 0.314 e. The van der Waals surface area contributed by atoms with E-state index in [4.69, 9.17) is 0 Å². The number of hydrogen-bond acceptors (Lipinski definition) is 2. The maximum absolute atomic E-state index is 3.73. The molecular weight excluding hydrogens is 208 g/mol. The Morgan fingerprint density at radius 2 is 1.71 bits per heavy atom. The van der Waals surface area contributed by atoms with E-state index >= 15 is 0 Å². The Labute approximate surface area is 107 Å². The first-order valence-electron chi connectivity index (χ1n) is 7.64.